The van der Waals surface area contributed by atoms with Gasteiger partial charge in [-0.05, 0) is 17.7 Å². The lowest BCUT2D eigenvalue weighted by Crippen LogP contribution is -1.97. The maximum Gasteiger partial charge on any atom is 0.308 e. The molecular formula is C12H10BrNO2S. The monoisotopic (exact) mass is 311 g/mol. The van der Waals surface area contributed by atoms with Gasteiger partial charge in [0.25, 0.3) is 0 Å². The number of nitrogens with zero attached hydrogens (tertiary/aromatic N) is 1. The van der Waals surface area contributed by atoms with Crippen molar-refractivity contribution in [2.45, 2.75) is 12.8 Å². The highest BCUT2D eigenvalue weighted by Crippen LogP contribution is 2.19. The van der Waals surface area contributed by atoms with E-state index in [0.717, 1.165) is 26.3 Å². The zero-order chi connectivity index (χ0) is 12.3. The van der Waals surface area contributed by atoms with Gasteiger partial charge >= 0.3 is 5.97 Å². The SMILES string of the molecule is O=C(O)Cc1cnc(Cc2cccc(Br)c2)s1. The van der Waals surface area contributed by atoms with Gasteiger partial charge in [0.2, 0.25) is 0 Å². The van der Waals surface area contributed by atoms with Gasteiger partial charge in [-0.1, -0.05) is 28.1 Å². The van der Waals surface area contributed by atoms with Gasteiger partial charge < -0.3 is 5.11 Å². The highest BCUT2D eigenvalue weighted by Gasteiger charge is 2.06. The first-order valence-electron chi connectivity index (χ1n) is 5.03. The quantitative estimate of drug-likeness (QED) is 0.943. The number of aromatic nitrogens is 1. The summed E-state index contributed by atoms with van der Waals surface area (Å²) in [5.74, 6) is -0.817. The predicted molar refractivity (Wildman–Crippen MR) is 70.4 cm³/mol. The fourth-order valence-electron chi connectivity index (χ4n) is 1.48. The van der Waals surface area contributed by atoms with Crippen LogP contribution in [0.4, 0.5) is 0 Å². The van der Waals surface area contributed by atoms with Crippen molar-refractivity contribution in [1.29, 1.82) is 0 Å². The number of halogens is 1. The van der Waals surface area contributed by atoms with Gasteiger partial charge in [0.1, 0.15) is 0 Å². The van der Waals surface area contributed by atoms with Crippen LogP contribution in [0.1, 0.15) is 15.4 Å². The first-order chi connectivity index (χ1) is 8.13. The van der Waals surface area contributed by atoms with Gasteiger partial charge in [0.05, 0.1) is 11.4 Å². The molecule has 88 valence electrons. The summed E-state index contributed by atoms with van der Waals surface area (Å²) in [5, 5.41) is 9.62. The van der Waals surface area contributed by atoms with Crippen LogP contribution < -0.4 is 0 Å². The highest BCUT2D eigenvalue weighted by molar-refractivity contribution is 9.10. The normalized spacial score (nSPS) is 10.4. The van der Waals surface area contributed by atoms with E-state index in [-0.39, 0.29) is 6.42 Å². The molecule has 0 radical (unpaired) electrons. The summed E-state index contributed by atoms with van der Waals surface area (Å²) in [6.07, 6.45) is 2.44. The molecular weight excluding hydrogens is 302 g/mol. The fraction of sp³-hybridized carbons (Fsp3) is 0.167. The number of rotatable bonds is 4. The Morgan fingerprint density at radius 2 is 2.29 bits per heavy atom. The van der Waals surface area contributed by atoms with Gasteiger partial charge in [-0.3, -0.25) is 4.79 Å². The third-order valence-electron chi connectivity index (χ3n) is 2.17. The molecule has 2 rings (SSSR count). The van der Waals surface area contributed by atoms with Crippen molar-refractivity contribution >= 4 is 33.2 Å². The Hall–Kier alpha value is -1.20. The molecule has 17 heavy (non-hydrogen) atoms. The topological polar surface area (TPSA) is 50.2 Å². The smallest absolute Gasteiger partial charge is 0.308 e. The molecule has 1 N–H and O–H groups in total. The van der Waals surface area contributed by atoms with E-state index in [2.05, 4.69) is 20.9 Å². The largest absolute Gasteiger partial charge is 0.481 e. The van der Waals surface area contributed by atoms with E-state index in [1.165, 1.54) is 11.3 Å². The van der Waals surface area contributed by atoms with E-state index in [1.54, 1.807) is 6.20 Å². The number of aliphatic carboxylic acids is 1. The van der Waals surface area contributed by atoms with Crippen LogP contribution in [0.5, 0.6) is 0 Å². The summed E-state index contributed by atoms with van der Waals surface area (Å²) in [6.45, 7) is 0. The van der Waals surface area contributed by atoms with Crippen molar-refractivity contribution in [2.75, 3.05) is 0 Å². The molecule has 1 aromatic heterocycles. The summed E-state index contributed by atoms with van der Waals surface area (Å²) in [4.78, 5) is 15.6. The molecule has 0 fully saturated rings. The van der Waals surface area contributed by atoms with Crippen LogP contribution in [0.25, 0.3) is 0 Å². The average Bonchev–Trinajstić information content (AvgIpc) is 2.64. The van der Waals surface area contributed by atoms with E-state index in [1.807, 2.05) is 24.3 Å². The van der Waals surface area contributed by atoms with Crippen LogP contribution in [0.3, 0.4) is 0 Å². The zero-order valence-electron chi connectivity index (χ0n) is 8.89. The molecule has 0 aliphatic heterocycles. The van der Waals surface area contributed by atoms with Gasteiger partial charge in [-0.2, -0.15) is 0 Å². The molecule has 0 aliphatic rings. The van der Waals surface area contributed by atoms with Crippen molar-refractivity contribution in [3.63, 3.8) is 0 Å². The number of hydrogen-bond acceptors (Lipinski definition) is 3. The molecule has 0 atom stereocenters. The number of benzene rings is 1. The van der Waals surface area contributed by atoms with Crippen molar-refractivity contribution < 1.29 is 9.90 Å². The number of thiazole rings is 1. The van der Waals surface area contributed by atoms with Gasteiger partial charge in [0, 0.05) is 22.0 Å². The minimum atomic E-state index is -0.817. The van der Waals surface area contributed by atoms with Crippen LogP contribution in [0, 0.1) is 0 Å². The Labute approximate surface area is 111 Å². The molecule has 0 saturated carbocycles. The molecule has 2 aromatic rings. The Kier molecular flexibility index (Phi) is 3.91. The van der Waals surface area contributed by atoms with Crippen LogP contribution in [0.2, 0.25) is 0 Å². The average molecular weight is 312 g/mol. The van der Waals surface area contributed by atoms with Crippen LogP contribution >= 0.6 is 27.3 Å². The minimum absolute atomic E-state index is 0.0517. The molecule has 0 spiro atoms. The fourth-order valence-corrected chi connectivity index (χ4v) is 2.88. The molecule has 3 nitrogen and oxygen atoms in total. The van der Waals surface area contributed by atoms with Crippen molar-refractivity contribution in [2.24, 2.45) is 0 Å². The second kappa shape index (κ2) is 5.42. The van der Waals surface area contributed by atoms with Gasteiger partial charge in [-0.15, -0.1) is 11.3 Å². The molecule has 0 unspecified atom stereocenters. The first kappa shape index (κ1) is 12.3. The van der Waals surface area contributed by atoms with Crippen molar-refractivity contribution in [3.8, 4) is 0 Å². The molecule has 0 saturated heterocycles. The van der Waals surface area contributed by atoms with Crippen LogP contribution in [0.15, 0.2) is 34.9 Å². The lowest BCUT2D eigenvalue weighted by Gasteiger charge is -1.98. The lowest BCUT2D eigenvalue weighted by atomic mass is 10.2. The van der Waals surface area contributed by atoms with E-state index in [0.29, 0.717) is 0 Å². The molecule has 0 bridgehead atoms. The standard InChI is InChI=1S/C12H10BrNO2S/c13-9-3-1-2-8(4-9)5-11-14-7-10(17-11)6-12(15)16/h1-4,7H,5-6H2,(H,15,16). The minimum Gasteiger partial charge on any atom is -0.481 e. The van der Waals surface area contributed by atoms with Crippen molar-refractivity contribution in [1.82, 2.24) is 4.98 Å². The number of carboxylic acid groups (broad SMARTS) is 1. The molecule has 1 aromatic carbocycles. The van der Waals surface area contributed by atoms with E-state index >= 15 is 0 Å². The maximum absolute atomic E-state index is 10.6. The Morgan fingerprint density at radius 1 is 1.47 bits per heavy atom. The summed E-state index contributed by atoms with van der Waals surface area (Å²) in [6, 6.07) is 8.02. The summed E-state index contributed by atoms with van der Waals surface area (Å²) >= 11 is 4.87. The molecule has 0 amide bonds. The van der Waals surface area contributed by atoms with Gasteiger partial charge in [-0.25, -0.2) is 4.98 Å². The summed E-state index contributed by atoms with van der Waals surface area (Å²) in [7, 11) is 0. The second-order valence-corrected chi connectivity index (χ2v) is 5.71. The Bertz CT molecular complexity index is 539. The van der Waals surface area contributed by atoms with E-state index in [9.17, 15) is 4.79 Å². The van der Waals surface area contributed by atoms with Crippen molar-refractivity contribution in [3.05, 3.63) is 50.4 Å². The van der Waals surface area contributed by atoms with Crippen LogP contribution in [-0.4, -0.2) is 16.1 Å². The Morgan fingerprint density at radius 3 is 3.00 bits per heavy atom. The molecule has 5 heteroatoms. The predicted octanol–water partition coefficient (Wildman–Crippen LogP) is 3.12. The summed E-state index contributed by atoms with van der Waals surface area (Å²) < 4.78 is 1.04. The summed E-state index contributed by atoms with van der Waals surface area (Å²) in [5.41, 5.74) is 1.16. The second-order valence-electron chi connectivity index (χ2n) is 3.60. The van der Waals surface area contributed by atoms with Crippen LogP contribution in [-0.2, 0) is 17.6 Å². The third-order valence-corrected chi connectivity index (χ3v) is 3.66. The maximum atomic E-state index is 10.6. The zero-order valence-corrected chi connectivity index (χ0v) is 11.3. The highest BCUT2D eigenvalue weighted by atomic mass is 79.9. The number of carboxylic acids is 1. The Balaban J connectivity index is 2.08. The first-order valence-corrected chi connectivity index (χ1v) is 6.64. The molecule has 1 heterocycles. The lowest BCUT2D eigenvalue weighted by molar-refractivity contribution is -0.136. The molecule has 0 aliphatic carbocycles. The van der Waals surface area contributed by atoms with Gasteiger partial charge in [0.15, 0.2) is 0 Å². The number of carbonyl (C=O) groups is 1. The third kappa shape index (κ3) is 3.64. The van der Waals surface area contributed by atoms with E-state index < -0.39 is 5.97 Å². The number of hydrogen-bond donors (Lipinski definition) is 1. The van der Waals surface area contributed by atoms with E-state index in [4.69, 9.17) is 5.11 Å².